The molecule has 1 unspecified atom stereocenters. The number of carbonyl (C=O) groups excluding carboxylic acids is 1. The van der Waals surface area contributed by atoms with Gasteiger partial charge in [-0.1, -0.05) is 13.8 Å². The quantitative estimate of drug-likeness (QED) is 0.595. The van der Waals surface area contributed by atoms with Crippen LogP contribution < -0.4 is 0 Å². The predicted molar refractivity (Wildman–Crippen MR) is 50.1 cm³/mol. The van der Waals surface area contributed by atoms with Gasteiger partial charge >= 0.3 is 0 Å². The van der Waals surface area contributed by atoms with E-state index in [-0.39, 0.29) is 15.9 Å². The summed E-state index contributed by atoms with van der Waals surface area (Å²) in [4.78, 5) is 10.8. The van der Waals surface area contributed by atoms with Crippen LogP contribution in [0, 0.1) is 5.92 Å². The van der Waals surface area contributed by atoms with Crippen molar-refractivity contribution in [3.63, 3.8) is 0 Å². The van der Waals surface area contributed by atoms with Crippen molar-refractivity contribution in [2.45, 2.75) is 31.4 Å². The number of hydrogen-bond acceptors (Lipinski definition) is 2. The molecule has 3 heteroatoms. The maximum Gasteiger partial charge on any atom is 0.224 e. The molecule has 0 spiro atoms. The van der Waals surface area contributed by atoms with Gasteiger partial charge in [0.1, 0.15) is 0 Å². The van der Waals surface area contributed by atoms with Crippen LogP contribution in [0.15, 0.2) is 0 Å². The van der Waals surface area contributed by atoms with Gasteiger partial charge in [0.25, 0.3) is 0 Å². The van der Waals surface area contributed by atoms with E-state index in [9.17, 15) is 4.79 Å². The van der Waals surface area contributed by atoms with Crippen molar-refractivity contribution in [3.05, 3.63) is 0 Å². The number of carbonyl (C=O) groups is 1. The summed E-state index contributed by atoms with van der Waals surface area (Å²) in [5.41, 5.74) is 0. The number of thioether (sulfide) groups is 1. The molecule has 0 aromatic rings. The Kier molecular flexibility index (Phi) is 2.87. The Balaban J connectivity index is 2.53. The maximum absolute atomic E-state index is 10.8. The smallest absolute Gasteiger partial charge is 0.224 e. The van der Waals surface area contributed by atoms with Gasteiger partial charge in [-0.25, -0.2) is 0 Å². The summed E-state index contributed by atoms with van der Waals surface area (Å²) in [6.07, 6.45) is 1.89. The van der Waals surface area contributed by atoms with Crippen LogP contribution in [-0.2, 0) is 4.79 Å². The van der Waals surface area contributed by atoms with Gasteiger partial charge in [-0.05, 0) is 30.2 Å². The molecule has 0 bridgehead atoms. The molecule has 1 rings (SSSR count). The highest BCUT2D eigenvalue weighted by molar-refractivity contribution is 8.00. The Hall–Kier alpha value is 0.310. The zero-order valence-electron chi connectivity index (χ0n) is 6.89. The first kappa shape index (κ1) is 9.40. The topological polar surface area (TPSA) is 17.1 Å². The zero-order valence-corrected chi connectivity index (χ0v) is 8.47. The lowest BCUT2D eigenvalue weighted by molar-refractivity contribution is -0.115. The molecule has 11 heavy (non-hydrogen) atoms. The van der Waals surface area contributed by atoms with Crippen LogP contribution in [0.4, 0.5) is 0 Å². The Bertz CT molecular complexity index is 167. The van der Waals surface area contributed by atoms with Crippen LogP contribution in [-0.4, -0.2) is 15.7 Å². The number of hydrogen-bond donors (Lipinski definition) is 0. The van der Waals surface area contributed by atoms with Crippen molar-refractivity contribution < 1.29 is 4.79 Å². The average Bonchev–Trinajstić information content (AvgIpc) is 1.85. The van der Waals surface area contributed by atoms with E-state index in [4.69, 9.17) is 11.6 Å². The van der Waals surface area contributed by atoms with Crippen molar-refractivity contribution in [2.24, 2.45) is 5.92 Å². The second-order valence-electron chi connectivity index (χ2n) is 3.60. The first-order valence-electron chi connectivity index (χ1n) is 3.84. The van der Waals surface area contributed by atoms with Crippen molar-refractivity contribution in [2.75, 3.05) is 5.75 Å². The second-order valence-corrected chi connectivity index (χ2v) is 5.78. The van der Waals surface area contributed by atoms with E-state index in [1.807, 2.05) is 11.8 Å². The molecule has 1 atom stereocenters. The summed E-state index contributed by atoms with van der Waals surface area (Å²) in [6, 6.07) is 0. The lowest BCUT2D eigenvalue weighted by atomic mass is 9.94. The Labute approximate surface area is 76.9 Å². The third kappa shape index (κ3) is 2.68. The standard InChI is InChI=1S/C8H13ClOS/c1-8(2)5-6(7(9)10)3-4-11-8/h6H,3-5H2,1-2H3. The van der Waals surface area contributed by atoms with Gasteiger partial charge < -0.3 is 0 Å². The third-order valence-corrected chi connectivity index (χ3v) is 3.71. The molecule has 0 aromatic heterocycles. The summed E-state index contributed by atoms with van der Waals surface area (Å²) in [7, 11) is 0. The molecule has 0 amide bonds. The van der Waals surface area contributed by atoms with Gasteiger partial charge in [-0.3, -0.25) is 4.79 Å². The molecule has 1 aliphatic heterocycles. The van der Waals surface area contributed by atoms with E-state index < -0.39 is 0 Å². The molecular formula is C8H13ClOS. The molecule has 0 aromatic carbocycles. The van der Waals surface area contributed by atoms with Crippen LogP contribution >= 0.6 is 23.4 Å². The van der Waals surface area contributed by atoms with E-state index in [1.165, 1.54) is 0 Å². The molecule has 0 saturated carbocycles. The second kappa shape index (κ2) is 3.36. The van der Waals surface area contributed by atoms with E-state index in [0.29, 0.717) is 0 Å². The Morgan fingerprint density at radius 1 is 1.64 bits per heavy atom. The molecule has 1 saturated heterocycles. The van der Waals surface area contributed by atoms with Crippen molar-refractivity contribution in [3.8, 4) is 0 Å². The van der Waals surface area contributed by atoms with Gasteiger partial charge in [0.05, 0.1) is 0 Å². The first-order valence-corrected chi connectivity index (χ1v) is 5.21. The molecule has 64 valence electrons. The fourth-order valence-electron chi connectivity index (χ4n) is 1.43. The predicted octanol–water partition coefficient (Wildman–Crippen LogP) is 2.67. The van der Waals surface area contributed by atoms with Crippen LogP contribution in [0.1, 0.15) is 26.7 Å². The Morgan fingerprint density at radius 3 is 2.64 bits per heavy atom. The van der Waals surface area contributed by atoms with Crippen LogP contribution in [0.2, 0.25) is 0 Å². The van der Waals surface area contributed by atoms with Crippen LogP contribution in [0.5, 0.6) is 0 Å². The first-order chi connectivity index (χ1) is 5.01. The number of rotatable bonds is 1. The maximum atomic E-state index is 10.8. The highest BCUT2D eigenvalue weighted by atomic mass is 35.5. The molecule has 1 heterocycles. The number of halogens is 1. The molecule has 0 aliphatic carbocycles. The lowest BCUT2D eigenvalue weighted by Gasteiger charge is -2.32. The van der Waals surface area contributed by atoms with E-state index >= 15 is 0 Å². The minimum absolute atomic E-state index is 0.105. The van der Waals surface area contributed by atoms with E-state index in [0.717, 1.165) is 18.6 Å². The highest BCUT2D eigenvalue weighted by Crippen LogP contribution is 2.39. The average molecular weight is 193 g/mol. The minimum Gasteiger partial charge on any atom is -0.281 e. The van der Waals surface area contributed by atoms with Gasteiger partial charge in [0, 0.05) is 10.7 Å². The van der Waals surface area contributed by atoms with E-state index in [2.05, 4.69) is 13.8 Å². The lowest BCUT2D eigenvalue weighted by Crippen LogP contribution is -2.28. The third-order valence-electron chi connectivity index (χ3n) is 2.02. The monoisotopic (exact) mass is 192 g/mol. The van der Waals surface area contributed by atoms with Crippen molar-refractivity contribution >= 4 is 28.6 Å². The van der Waals surface area contributed by atoms with Crippen molar-refractivity contribution in [1.82, 2.24) is 0 Å². The zero-order chi connectivity index (χ0) is 8.48. The molecule has 0 radical (unpaired) electrons. The fraction of sp³-hybridized carbons (Fsp3) is 0.875. The summed E-state index contributed by atoms with van der Waals surface area (Å²) >= 11 is 7.37. The van der Waals surface area contributed by atoms with Crippen LogP contribution in [0.25, 0.3) is 0 Å². The molecule has 0 N–H and O–H groups in total. The van der Waals surface area contributed by atoms with Gasteiger partial charge in [-0.2, -0.15) is 11.8 Å². The van der Waals surface area contributed by atoms with Crippen LogP contribution in [0.3, 0.4) is 0 Å². The normalized spacial score (nSPS) is 29.9. The SMILES string of the molecule is CC1(C)CC(C(=O)Cl)CCS1. The molecule has 1 fully saturated rings. The summed E-state index contributed by atoms with van der Waals surface area (Å²) in [5, 5.41) is -0.154. The summed E-state index contributed by atoms with van der Waals surface area (Å²) in [6.45, 7) is 4.34. The van der Waals surface area contributed by atoms with Gasteiger partial charge in [0.2, 0.25) is 5.24 Å². The van der Waals surface area contributed by atoms with Crippen molar-refractivity contribution in [1.29, 1.82) is 0 Å². The Morgan fingerprint density at radius 2 is 2.27 bits per heavy atom. The highest BCUT2D eigenvalue weighted by Gasteiger charge is 2.31. The van der Waals surface area contributed by atoms with Gasteiger partial charge in [0.15, 0.2) is 0 Å². The fourth-order valence-corrected chi connectivity index (χ4v) is 2.89. The van der Waals surface area contributed by atoms with E-state index in [1.54, 1.807) is 0 Å². The summed E-state index contributed by atoms with van der Waals surface area (Å²) in [5.74, 6) is 1.17. The molecule has 1 nitrogen and oxygen atoms in total. The molecular weight excluding hydrogens is 180 g/mol. The largest absolute Gasteiger partial charge is 0.281 e. The minimum atomic E-state index is -0.154. The van der Waals surface area contributed by atoms with Gasteiger partial charge in [-0.15, -0.1) is 0 Å². The summed E-state index contributed by atoms with van der Waals surface area (Å²) < 4.78 is 0.244. The molecule has 1 aliphatic rings.